The molecule has 0 radical (unpaired) electrons. The number of nitrogens with one attached hydrogen (secondary N) is 1. The molecule has 1 aliphatic rings. The summed E-state index contributed by atoms with van der Waals surface area (Å²) in [5.41, 5.74) is 4.38. The van der Waals surface area contributed by atoms with Gasteiger partial charge in [-0.2, -0.15) is 0 Å². The molecule has 0 fully saturated rings. The average molecular weight is 400 g/mol. The highest BCUT2D eigenvalue weighted by Gasteiger charge is 2.16. The number of rotatable bonds is 3. The lowest BCUT2D eigenvalue weighted by Crippen LogP contribution is -2.11. The van der Waals surface area contributed by atoms with E-state index in [9.17, 15) is 0 Å². The minimum absolute atomic E-state index is 0.679. The topological polar surface area (TPSA) is 55.6 Å². The molecule has 3 aromatic rings. The number of fused-ring (bicyclic) bond motifs is 2. The first kappa shape index (κ1) is 16.5. The summed E-state index contributed by atoms with van der Waals surface area (Å²) in [7, 11) is 0. The molecule has 25 heavy (non-hydrogen) atoms. The highest BCUT2D eigenvalue weighted by molar-refractivity contribution is 9.10. The molecule has 0 bridgehead atoms. The van der Waals surface area contributed by atoms with Crippen LogP contribution in [0.1, 0.15) is 42.2 Å². The van der Waals surface area contributed by atoms with E-state index >= 15 is 0 Å². The number of hydrogen-bond acceptors (Lipinski definition) is 4. The Morgan fingerprint density at radius 2 is 2.04 bits per heavy atom. The smallest absolute Gasteiger partial charge is 0.152 e. The maximum absolute atomic E-state index is 4.71. The number of nitrogens with zero attached hydrogens (tertiary/aromatic N) is 4. The molecule has 0 atom stereocenters. The van der Waals surface area contributed by atoms with E-state index in [0.29, 0.717) is 6.54 Å². The first-order valence-electron chi connectivity index (χ1n) is 8.85. The van der Waals surface area contributed by atoms with E-state index in [-0.39, 0.29) is 0 Å². The van der Waals surface area contributed by atoms with Gasteiger partial charge in [-0.1, -0.05) is 22.4 Å². The summed E-state index contributed by atoms with van der Waals surface area (Å²) in [6.07, 6.45) is 4.74. The second-order valence-corrected chi connectivity index (χ2v) is 7.62. The summed E-state index contributed by atoms with van der Waals surface area (Å²) in [6.45, 7) is 5.89. The predicted octanol–water partition coefficient (Wildman–Crippen LogP) is 4.54. The van der Waals surface area contributed by atoms with Gasteiger partial charge in [-0.25, -0.2) is 0 Å². The maximum atomic E-state index is 4.71. The highest BCUT2D eigenvalue weighted by Crippen LogP contribution is 2.30. The van der Waals surface area contributed by atoms with Crippen molar-refractivity contribution >= 4 is 32.5 Å². The third-order valence-corrected chi connectivity index (χ3v) is 5.54. The van der Waals surface area contributed by atoms with Gasteiger partial charge in [-0.3, -0.25) is 4.98 Å². The van der Waals surface area contributed by atoms with Crippen LogP contribution in [-0.2, 0) is 19.5 Å². The molecule has 3 heterocycles. The molecule has 1 N–H and O–H groups in total. The number of anilines is 1. The van der Waals surface area contributed by atoms with Crippen LogP contribution >= 0.6 is 15.9 Å². The van der Waals surface area contributed by atoms with Gasteiger partial charge in [0.05, 0.1) is 12.1 Å². The van der Waals surface area contributed by atoms with Crippen LogP contribution in [0.4, 0.5) is 5.69 Å². The molecule has 5 nitrogen and oxygen atoms in total. The summed E-state index contributed by atoms with van der Waals surface area (Å²) in [6, 6.07) is 6.22. The third-order valence-electron chi connectivity index (χ3n) is 5.04. The van der Waals surface area contributed by atoms with E-state index in [2.05, 4.69) is 62.0 Å². The Balaban J connectivity index is 1.68. The van der Waals surface area contributed by atoms with Crippen LogP contribution < -0.4 is 5.32 Å². The Bertz CT molecular complexity index is 931. The standard InChI is InChI=1S/C19H22BrN5/c1-12-13(2)22-16-8-7-14(20)10-15(16)19(12)21-11-18-24-23-17-6-4-3-5-9-25(17)18/h7-8,10H,3-6,9,11H2,1-2H3,(H,21,22). The first-order chi connectivity index (χ1) is 12.1. The van der Waals surface area contributed by atoms with E-state index in [1.54, 1.807) is 0 Å². The van der Waals surface area contributed by atoms with Gasteiger partial charge in [-0.15, -0.1) is 10.2 Å². The van der Waals surface area contributed by atoms with Crippen molar-refractivity contribution in [3.05, 3.63) is 45.6 Å². The van der Waals surface area contributed by atoms with E-state index in [0.717, 1.165) is 51.4 Å². The fourth-order valence-electron chi connectivity index (χ4n) is 3.52. The summed E-state index contributed by atoms with van der Waals surface area (Å²) >= 11 is 3.58. The van der Waals surface area contributed by atoms with Crippen molar-refractivity contribution in [3.63, 3.8) is 0 Å². The lowest BCUT2D eigenvalue weighted by Gasteiger charge is -2.15. The van der Waals surface area contributed by atoms with Crippen molar-refractivity contribution in [2.45, 2.75) is 52.6 Å². The van der Waals surface area contributed by atoms with Gasteiger partial charge in [0.1, 0.15) is 5.82 Å². The second-order valence-electron chi connectivity index (χ2n) is 6.71. The molecule has 130 valence electrons. The molecule has 0 aliphatic carbocycles. The third kappa shape index (κ3) is 3.15. The fourth-order valence-corrected chi connectivity index (χ4v) is 3.89. The zero-order valence-electron chi connectivity index (χ0n) is 14.6. The molecular weight excluding hydrogens is 378 g/mol. The SMILES string of the molecule is Cc1nc2ccc(Br)cc2c(NCc2nnc3n2CCCCC3)c1C. The molecule has 1 aromatic carbocycles. The van der Waals surface area contributed by atoms with Gasteiger partial charge in [0.2, 0.25) is 0 Å². The zero-order valence-corrected chi connectivity index (χ0v) is 16.2. The minimum Gasteiger partial charge on any atom is -0.377 e. The van der Waals surface area contributed by atoms with Crippen LogP contribution in [0.3, 0.4) is 0 Å². The summed E-state index contributed by atoms with van der Waals surface area (Å²) in [5, 5.41) is 13.6. The first-order valence-corrected chi connectivity index (χ1v) is 9.64. The van der Waals surface area contributed by atoms with Crippen LogP contribution in [0.5, 0.6) is 0 Å². The molecule has 0 saturated heterocycles. The van der Waals surface area contributed by atoms with Crippen molar-refractivity contribution in [3.8, 4) is 0 Å². The van der Waals surface area contributed by atoms with E-state index in [1.807, 2.05) is 6.07 Å². The largest absolute Gasteiger partial charge is 0.377 e. The number of aryl methyl sites for hydroxylation is 2. The Morgan fingerprint density at radius 1 is 1.16 bits per heavy atom. The Labute approximate surface area is 156 Å². The number of hydrogen-bond donors (Lipinski definition) is 1. The molecule has 2 aromatic heterocycles. The van der Waals surface area contributed by atoms with Gasteiger partial charge in [0.15, 0.2) is 5.82 Å². The fraction of sp³-hybridized carbons (Fsp3) is 0.421. The summed E-state index contributed by atoms with van der Waals surface area (Å²) in [5.74, 6) is 2.15. The van der Waals surface area contributed by atoms with Gasteiger partial charge >= 0.3 is 0 Å². The molecule has 0 amide bonds. The molecule has 1 aliphatic heterocycles. The Hall–Kier alpha value is -1.95. The van der Waals surface area contributed by atoms with Crippen molar-refractivity contribution in [1.82, 2.24) is 19.7 Å². The van der Waals surface area contributed by atoms with E-state index in [4.69, 9.17) is 4.98 Å². The molecule has 0 spiro atoms. The number of aromatic nitrogens is 4. The zero-order chi connectivity index (χ0) is 17.4. The Kier molecular flexibility index (Phi) is 4.46. The van der Waals surface area contributed by atoms with Gasteiger partial charge in [-0.05, 0) is 50.5 Å². The van der Waals surface area contributed by atoms with E-state index < -0.39 is 0 Å². The lowest BCUT2D eigenvalue weighted by atomic mass is 10.1. The van der Waals surface area contributed by atoms with Gasteiger partial charge < -0.3 is 9.88 Å². The molecule has 4 rings (SSSR count). The van der Waals surface area contributed by atoms with Gasteiger partial charge in [0, 0.05) is 34.2 Å². The molecular formula is C19H22BrN5. The molecule has 0 saturated carbocycles. The summed E-state index contributed by atoms with van der Waals surface area (Å²) < 4.78 is 3.35. The monoisotopic (exact) mass is 399 g/mol. The van der Waals surface area contributed by atoms with Crippen LogP contribution in [0, 0.1) is 13.8 Å². The summed E-state index contributed by atoms with van der Waals surface area (Å²) in [4.78, 5) is 4.71. The lowest BCUT2D eigenvalue weighted by molar-refractivity contribution is 0.610. The number of benzene rings is 1. The van der Waals surface area contributed by atoms with Crippen molar-refractivity contribution in [1.29, 1.82) is 0 Å². The number of pyridine rings is 1. The highest BCUT2D eigenvalue weighted by atomic mass is 79.9. The van der Waals surface area contributed by atoms with Crippen LogP contribution in [0.2, 0.25) is 0 Å². The van der Waals surface area contributed by atoms with Crippen LogP contribution in [-0.4, -0.2) is 19.7 Å². The van der Waals surface area contributed by atoms with Gasteiger partial charge in [0.25, 0.3) is 0 Å². The molecule has 6 heteroatoms. The molecule has 0 unspecified atom stereocenters. The van der Waals surface area contributed by atoms with Crippen LogP contribution in [0.15, 0.2) is 22.7 Å². The maximum Gasteiger partial charge on any atom is 0.152 e. The quantitative estimate of drug-likeness (QED) is 0.701. The van der Waals surface area contributed by atoms with Crippen molar-refractivity contribution < 1.29 is 0 Å². The predicted molar refractivity (Wildman–Crippen MR) is 104 cm³/mol. The van der Waals surface area contributed by atoms with Crippen molar-refractivity contribution in [2.75, 3.05) is 5.32 Å². The van der Waals surface area contributed by atoms with E-state index in [1.165, 1.54) is 24.8 Å². The average Bonchev–Trinajstić information content (AvgIpc) is 2.83. The normalized spacial score (nSPS) is 14.4. The van der Waals surface area contributed by atoms with Crippen LogP contribution in [0.25, 0.3) is 10.9 Å². The second kappa shape index (κ2) is 6.75. The van der Waals surface area contributed by atoms with Crippen molar-refractivity contribution in [2.24, 2.45) is 0 Å². The minimum atomic E-state index is 0.679. The number of halogens is 1. The Morgan fingerprint density at radius 3 is 2.92 bits per heavy atom.